The topological polar surface area (TPSA) is 52.1 Å². The number of benzene rings is 1. The van der Waals surface area contributed by atoms with Crippen molar-refractivity contribution in [2.75, 3.05) is 7.11 Å². The standard InChI is InChI=1S/C14H14N2O2S/c1-10-5-6-15-14(16-10)19-9-12-7-11(8-17)3-4-13(12)18-2/h3-8H,9H2,1-2H3. The van der Waals surface area contributed by atoms with Gasteiger partial charge in [0.05, 0.1) is 7.11 Å². The molecule has 0 aliphatic rings. The van der Waals surface area contributed by atoms with Crippen molar-refractivity contribution in [1.82, 2.24) is 9.97 Å². The quantitative estimate of drug-likeness (QED) is 0.476. The van der Waals surface area contributed by atoms with Crippen molar-refractivity contribution in [3.05, 3.63) is 47.3 Å². The van der Waals surface area contributed by atoms with E-state index in [1.807, 2.05) is 19.1 Å². The van der Waals surface area contributed by atoms with Crippen molar-refractivity contribution >= 4 is 18.0 Å². The Morgan fingerprint density at radius 1 is 1.37 bits per heavy atom. The third-order valence-corrected chi connectivity index (χ3v) is 3.48. The molecule has 0 saturated carbocycles. The van der Waals surface area contributed by atoms with Crippen LogP contribution in [0.25, 0.3) is 0 Å². The second-order valence-corrected chi connectivity index (χ2v) is 4.90. The molecule has 19 heavy (non-hydrogen) atoms. The number of carbonyl (C=O) groups is 1. The molecule has 0 amide bonds. The molecule has 1 heterocycles. The minimum Gasteiger partial charge on any atom is -0.496 e. The Hall–Kier alpha value is -1.88. The van der Waals surface area contributed by atoms with Gasteiger partial charge in [0.2, 0.25) is 0 Å². The summed E-state index contributed by atoms with van der Waals surface area (Å²) in [4.78, 5) is 19.3. The molecular weight excluding hydrogens is 260 g/mol. The Morgan fingerprint density at radius 3 is 2.89 bits per heavy atom. The van der Waals surface area contributed by atoms with Crippen LogP contribution >= 0.6 is 11.8 Å². The van der Waals surface area contributed by atoms with Crippen LogP contribution in [0.5, 0.6) is 5.75 Å². The molecule has 1 aromatic carbocycles. The number of carbonyl (C=O) groups excluding carboxylic acids is 1. The van der Waals surface area contributed by atoms with E-state index in [1.54, 1.807) is 25.4 Å². The number of thioether (sulfide) groups is 1. The van der Waals surface area contributed by atoms with Gasteiger partial charge in [-0.25, -0.2) is 9.97 Å². The largest absolute Gasteiger partial charge is 0.496 e. The van der Waals surface area contributed by atoms with Crippen molar-refractivity contribution in [3.8, 4) is 5.75 Å². The molecule has 0 fully saturated rings. The number of aldehydes is 1. The minimum absolute atomic E-state index is 0.640. The fraction of sp³-hybridized carbons (Fsp3) is 0.214. The predicted octanol–water partition coefficient (Wildman–Crippen LogP) is 2.90. The van der Waals surface area contributed by atoms with E-state index in [2.05, 4.69) is 9.97 Å². The Labute approximate surface area is 116 Å². The number of methoxy groups -OCH3 is 1. The molecule has 0 spiro atoms. The molecule has 0 aliphatic heterocycles. The van der Waals surface area contributed by atoms with Gasteiger partial charge < -0.3 is 4.74 Å². The number of ether oxygens (including phenoxy) is 1. The molecule has 2 aromatic rings. The van der Waals surface area contributed by atoms with Crippen LogP contribution in [0.1, 0.15) is 21.6 Å². The van der Waals surface area contributed by atoms with E-state index in [-0.39, 0.29) is 0 Å². The van der Waals surface area contributed by atoms with Crippen molar-refractivity contribution < 1.29 is 9.53 Å². The number of aromatic nitrogens is 2. The summed E-state index contributed by atoms with van der Waals surface area (Å²) in [5.41, 5.74) is 2.54. The molecule has 0 N–H and O–H groups in total. The van der Waals surface area contributed by atoms with Crippen molar-refractivity contribution in [1.29, 1.82) is 0 Å². The smallest absolute Gasteiger partial charge is 0.188 e. The summed E-state index contributed by atoms with van der Waals surface area (Å²) in [6, 6.07) is 7.23. The molecule has 2 rings (SSSR count). The molecule has 1 aromatic heterocycles. The molecule has 0 aliphatic carbocycles. The summed E-state index contributed by atoms with van der Waals surface area (Å²) in [6.45, 7) is 1.93. The van der Waals surface area contributed by atoms with Gasteiger partial charge >= 0.3 is 0 Å². The summed E-state index contributed by atoms with van der Waals surface area (Å²) in [5.74, 6) is 1.43. The zero-order chi connectivity index (χ0) is 13.7. The van der Waals surface area contributed by atoms with Gasteiger partial charge in [0.1, 0.15) is 12.0 Å². The van der Waals surface area contributed by atoms with Crippen LogP contribution in [-0.2, 0) is 5.75 Å². The Morgan fingerprint density at radius 2 is 2.21 bits per heavy atom. The van der Waals surface area contributed by atoms with E-state index in [9.17, 15) is 4.79 Å². The lowest BCUT2D eigenvalue weighted by atomic mass is 10.1. The minimum atomic E-state index is 0.640. The Kier molecular flexibility index (Phi) is 4.52. The monoisotopic (exact) mass is 274 g/mol. The van der Waals surface area contributed by atoms with Gasteiger partial charge in [-0.05, 0) is 31.2 Å². The summed E-state index contributed by atoms with van der Waals surface area (Å²) in [5, 5.41) is 0.721. The van der Waals surface area contributed by atoms with Crippen LogP contribution in [-0.4, -0.2) is 23.4 Å². The van der Waals surface area contributed by atoms with Crippen LogP contribution < -0.4 is 4.74 Å². The average molecular weight is 274 g/mol. The molecular formula is C14H14N2O2S. The number of hydrogen-bond acceptors (Lipinski definition) is 5. The maximum atomic E-state index is 10.8. The maximum absolute atomic E-state index is 10.8. The van der Waals surface area contributed by atoms with E-state index >= 15 is 0 Å². The number of nitrogens with zero attached hydrogens (tertiary/aromatic N) is 2. The van der Waals surface area contributed by atoms with E-state index in [0.29, 0.717) is 11.3 Å². The van der Waals surface area contributed by atoms with Crippen LogP contribution in [0.15, 0.2) is 35.6 Å². The number of rotatable bonds is 5. The first kappa shape index (κ1) is 13.5. The molecule has 0 saturated heterocycles. The number of hydrogen-bond donors (Lipinski definition) is 0. The van der Waals surface area contributed by atoms with Crippen molar-refractivity contribution in [3.63, 3.8) is 0 Å². The Balaban J connectivity index is 2.16. The first-order valence-electron chi connectivity index (χ1n) is 5.77. The SMILES string of the molecule is COc1ccc(C=O)cc1CSc1nccc(C)n1. The zero-order valence-electron chi connectivity index (χ0n) is 10.8. The van der Waals surface area contributed by atoms with Gasteiger partial charge in [-0.3, -0.25) is 4.79 Å². The van der Waals surface area contributed by atoms with Gasteiger partial charge in [-0.1, -0.05) is 11.8 Å². The fourth-order valence-electron chi connectivity index (χ4n) is 1.62. The van der Waals surface area contributed by atoms with Crippen molar-refractivity contribution in [2.24, 2.45) is 0 Å². The summed E-state index contributed by atoms with van der Waals surface area (Å²) < 4.78 is 5.29. The van der Waals surface area contributed by atoms with Crippen molar-refractivity contribution in [2.45, 2.75) is 17.8 Å². The lowest BCUT2D eigenvalue weighted by Crippen LogP contribution is -1.94. The van der Waals surface area contributed by atoms with Gasteiger partial charge in [-0.2, -0.15) is 0 Å². The third kappa shape index (κ3) is 3.54. The molecule has 0 bridgehead atoms. The molecule has 0 radical (unpaired) electrons. The van der Waals surface area contributed by atoms with Gasteiger partial charge in [0, 0.05) is 28.8 Å². The summed E-state index contributed by atoms with van der Waals surface area (Å²) in [6.07, 6.45) is 2.57. The summed E-state index contributed by atoms with van der Waals surface area (Å²) >= 11 is 1.52. The first-order chi connectivity index (χ1) is 9.22. The average Bonchev–Trinajstić information content (AvgIpc) is 2.45. The second kappa shape index (κ2) is 6.33. The highest BCUT2D eigenvalue weighted by Crippen LogP contribution is 2.26. The Bertz CT molecular complexity index is 587. The third-order valence-electron chi connectivity index (χ3n) is 2.57. The van der Waals surface area contributed by atoms with Crippen LogP contribution in [0.3, 0.4) is 0 Å². The molecule has 0 unspecified atom stereocenters. The highest BCUT2D eigenvalue weighted by Gasteiger charge is 2.06. The van der Waals surface area contributed by atoms with Gasteiger partial charge in [0.15, 0.2) is 5.16 Å². The predicted molar refractivity (Wildman–Crippen MR) is 74.7 cm³/mol. The molecule has 0 atom stereocenters. The summed E-state index contributed by atoms with van der Waals surface area (Å²) in [7, 11) is 1.62. The van der Waals surface area contributed by atoms with E-state index in [1.165, 1.54) is 11.8 Å². The van der Waals surface area contributed by atoms with E-state index in [4.69, 9.17) is 4.74 Å². The lowest BCUT2D eigenvalue weighted by Gasteiger charge is -2.08. The lowest BCUT2D eigenvalue weighted by molar-refractivity contribution is 0.112. The second-order valence-electron chi connectivity index (χ2n) is 3.96. The molecule has 4 nitrogen and oxygen atoms in total. The van der Waals surface area contributed by atoms with Crippen LogP contribution in [0, 0.1) is 6.92 Å². The highest BCUT2D eigenvalue weighted by atomic mass is 32.2. The zero-order valence-corrected chi connectivity index (χ0v) is 11.6. The molecule has 5 heteroatoms. The highest BCUT2D eigenvalue weighted by molar-refractivity contribution is 7.98. The molecule has 98 valence electrons. The van der Waals surface area contributed by atoms with Crippen LogP contribution in [0.2, 0.25) is 0 Å². The first-order valence-corrected chi connectivity index (χ1v) is 6.76. The van der Waals surface area contributed by atoms with Gasteiger partial charge in [0.25, 0.3) is 0 Å². The number of aryl methyl sites for hydroxylation is 1. The normalized spacial score (nSPS) is 10.2. The fourth-order valence-corrected chi connectivity index (χ4v) is 2.48. The van der Waals surface area contributed by atoms with Gasteiger partial charge in [-0.15, -0.1) is 0 Å². The maximum Gasteiger partial charge on any atom is 0.188 e. The van der Waals surface area contributed by atoms with E-state index < -0.39 is 0 Å². The van der Waals surface area contributed by atoms with Crippen LogP contribution in [0.4, 0.5) is 0 Å². The van der Waals surface area contributed by atoms with E-state index in [0.717, 1.165) is 28.4 Å².